The Morgan fingerprint density at radius 1 is 1.14 bits per heavy atom. The zero-order valence-corrected chi connectivity index (χ0v) is 13.0. The summed E-state index contributed by atoms with van der Waals surface area (Å²) < 4.78 is 0. The molecule has 3 aliphatic rings. The molecule has 1 aliphatic carbocycles. The van der Waals surface area contributed by atoms with Crippen molar-refractivity contribution in [2.75, 3.05) is 32.7 Å². The predicted octanol–water partition coefficient (Wildman–Crippen LogP) is 1.79. The summed E-state index contributed by atoms with van der Waals surface area (Å²) in [6.45, 7) is 4.49. The smallest absolute Gasteiger partial charge is 0.226 e. The molecular formula is C17H28N2O2. The Balaban J connectivity index is 1.49. The van der Waals surface area contributed by atoms with Crippen molar-refractivity contribution in [3.05, 3.63) is 12.2 Å². The number of carbonyl (C=O) groups excluding carboxylic acids is 1. The van der Waals surface area contributed by atoms with E-state index in [1.165, 1.54) is 12.8 Å². The number of hydrogen-bond acceptors (Lipinski definition) is 3. The van der Waals surface area contributed by atoms with Crippen molar-refractivity contribution in [3.63, 3.8) is 0 Å². The monoisotopic (exact) mass is 292 g/mol. The molecule has 0 aromatic rings. The molecule has 1 amide bonds. The van der Waals surface area contributed by atoms with Crippen LogP contribution in [0.25, 0.3) is 0 Å². The fourth-order valence-corrected chi connectivity index (χ4v) is 3.93. The first-order valence-corrected chi connectivity index (χ1v) is 8.55. The summed E-state index contributed by atoms with van der Waals surface area (Å²) in [7, 11) is 0. The topological polar surface area (TPSA) is 43.8 Å². The number of nitrogens with zero attached hydrogens (tertiary/aromatic N) is 2. The molecule has 1 atom stereocenters. The van der Waals surface area contributed by atoms with E-state index >= 15 is 0 Å². The standard InChI is InChI=1S/C17H28N2O2/c20-16(15-6-2-1-3-7-15)19-12-8-17(21,9-13-19)14-18-10-4-5-11-18/h1-2,15,21H,3-14H2/t15-/m0/s1. The van der Waals surface area contributed by atoms with Crippen LogP contribution in [0.4, 0.5) is 0 Å². The van der Waals surface area contributed by atoms with Gasteiger partial charge in [0.05, 0.1) is 5.60 Å². The molecule has 4 heteroatoms. The third kappa shape index (κ3) is 3.67. The predicted molar refractivity (Wildman–Crippen MR) is 82.9 cm³/mol. The van der Waals surface area contributed by atoms with E-state index in [0.717, 1.165) is 64.8 Å². The minimum Gasteiger partial charge on any atom is -0.388 e. The van der Waals surface area contributed by atoms with E-state index in [1.807, 2.05) is 4.90 Å². The number of carbonyl (C=O) groups is 1. The Bertz CT molecular complexity index is 394. The number of β-amino-alcohol motifs (C(OH)–C–C–N with tert-alkyl or cyclic N) is 1. The van der Waals surface area contributed by atoms with Crippen molar-refractivity contribution < 1.29 is 9.90 Å². The molecule has 0 radical (unpaired) electrons. The molecule has 4 nitrogen and oxygen atoms in total. The lowest BCUT2D eigenvalue weighted by atomic mass is 9.88. The highest BCUT2D eigenvalue weighted by Crippen LogP contribution is 2.28. The Labute approximate surface area is 127 Å². The summed E-state index contributed by atoms with van der Waals surface area (Å²) in [5.74, 6) is 0.488. The SMILES string of the molecule is O=C([C@H]1CC=CCC1)N1CCC(O)(CN2CCCC2)CC1. The summed E-state index contributed by atoms with van der Waals surface area (Å²) in [6.07, 6.45) is 11.2. The minimum atomic E-state index is -0.576. The van der Waals surface area contributed by atoms with Gasteiger partial charge in [-0.15, -0.1) is 0 Å². The zero-order valence-electron chi connectivity index (χ0n) is 13.0. The Morgan fingerprint density at radius 3 is 2.48 bits per heavy atom. The van der Waals surface area contributed by atoms with Crippen LogP contribution in [-0.4, -0.2) is 59.1 Å². The Hall–Kier alpha value is -0.870. The van der Waals surface area contributed by atoms with E-state index in [4.69, 9.17) is 0 Å². The number of piperidine rings is 1. The van der Waals surface area contributed by atoms with E-state index in [2.05, 4.69) is 17.1 Å². The van der Waals surface area contributed by atoms with Gasteiger partial charge in [-0.1, -0.05) is 12.2 Å². The maximum absolute atomic E-state index is 12.5. The molecule has 0 spiro atoms. The van der Waals surface area contributed by atoms with Crippen molar-refractivity contribution in [2.24, 2.45) is 5.92 Å². The summed E-state index contributed by atoms with van der Waals surface area (Å²) in [6, 6.07) is 0. The molecule has 0 unspecified atom stereocenters. The first kappa shape index (κ1) is 15.0. The van der Waals surface area contributed by atoms with E-state index in [0.29, 0.717) is 5.91 Å². The first-order valence-electron chi connectivity index (χ1n) is 8.55. The van der Waals surface area contributed by atoms with Crippen LogP contribution in [-0.2, 0) is 4.79 Å². The van der Waals surface area contributed by atoms with Crippen LogP contribution in [0.3, 0.4) is 0 Å². The fraction of sp³-hybridized carbons (Fsp3) is 0.824. The van der Waals surface area contributed by atoms with Gasteiger partial charge in [0.1, 0.15) is 0 Å². The fourth-order valence-electron chi connectivity index (χ4n) is 3.93. The first-order chi connectivity index (χ1) is 10.2. The quantitative estimate of drug-likeness (QED) is 0.807. The summed E-state index contributed by atoms with van der Waals surface area (Å²) in [5.41, 5.74) is -0.576. The van der Waals surface area contributed by atoms with Crippen molar-refractivity contribution >= 4 is 5.91 Å². The molecule has 118 valence electrons. The van der Waals surface area contributed by atoms with Crippen LogP contribution in [0.15, 0.2) is 12.2 Å². The molecule has 3 rings (SSSR count). The van der Waals surface area contributed by atoms with Gasteiger partial charge in [0.2, 0.25) is 5.91 Å². The van der Waals surface area contributed by atoms with Gasteiger partial charge in [-0.05, 0) is 58.0 Å². The molecule has 1 N–H and O–H groups in total. The molecule has 0 bridgehead atoms. The molecule has 2 fully saturated rings. The second-order valence-electron chi connectivity index (χ2n) is 7.01. The number of amides is 1. The highest BCUT2D eigenvalue weighted by molar-refractivity contribution is 5.79. The number of hydrogen-bond donors (Lipinski definition) is 1. The van der Waals surface area contributed by atoms with Crippen molar-refractivity contribution in [1.82, 2.24) is 9.80 Å². The average Bonchev–Trinajstić information content (AvgIpc) is 3.00. The number of aliphatic hydroxyl groups is 1. The lowest BCUT2D eigenvalue weighted by Crippen LogP contribution is -2.52. The van der Waals surface area contributed by atoms with Gasteiger partial charge in [-0.25, -0.2) is 0 Å². The molecule has 2 saturated heterocycles. The highest BCUT2D eigenvalue weighted by atomic mass is 16.3. The van der Waals surface area contributed by atoms with Crippen LogP contribution >= 0.6 is 0 Å². The van der Waals surface area contributed by atoms with Crippen LogP contribution in [0, 0.1) is 5.92 Å². The minimum absolute atomic E-state index is 0.180. The molecule has 0 saturated carbocycles. The van der Waals surface area contributed by atoms with Crippen LogP contribution in [0.1, 0.15) is 44.9 Å². The summed E-state index contributed by atoms with van der Waals surface area (Å²) in [4.78, 5) is 16.9. The van der Waals surface area contributed by atoms with E-state index < -0.39 is 5.60 Å². The van der Waals surface area contributed by atoms with Gasteiger partial charge in [-0.2, -0.15) is 0 Å². The summed E-state index contributed by atoms with van der Waals surface area (Å²) in [5, 5.41) is 10.8. The maximum Gasteiger partial charge on any atom is 0.226 e. The van der Waals surface area contributed by atoms with Crippen molar-refractivity contribution in [3.8, 4) is 0 Å². The lowest BCUT2D eigenvalue weighted by Gasteiger charge is -2.41. The van der Waals surface area contributed by atoms with Gasteiger partial charge in [0.15, 0.2) is 0 Å². The molecule has 2 aliphatic heterocycles. The van der Waals surface area contributed by atoms with Gasteiger partial charge < -0.3 is 14.9 Å². The van der Waals surface area contributed by atoms with Gasteiger partial charge >= 0.3 is 0 Å². The van der Waals surface area contributed by atoms with E-state index in [9.17, 15) is 9.90 Å². The van der Waals surface area contributed by atoms with Crippen LogP contribution in [0.2, 0.25) is 0 Å². The zero-order chi connectivity index (χ0) is 14.7. The third-order valence-corrected chi connectivity index (χ3v) is 5.34. The normalized spacial score (nSPS) is 29.8. The Kier molecular flexibility index (Phi) is 4.65. The maximum atomic E-state index is 12.5. The largest absolute Gasteiger partial charge is 0.388 e. The average molecular weight is 292 g/mol. The molecule has 2 heterocycles. The highest BCUT2D eigenvalue weighted by Gasteiger charge is 2.37. The van der Waals surface area contributed by atoms with Crippen LogP contribution in [0.5, 0.6) is 0 Å². The molecule has 21 heavy (non-hydrogen) atoms. The van der Waals surface area contributed by atoms with Crippen molar-refractivity contribution in [2.45, 2.75) is 50.5 Å². The third-order valence-electron chi connectivity index (χ3n) is 5.34. The molecule has 0 aromatic carbocycles. The molecule has 0 aromatic heterocycles. The number of rotatable bonds is 3. The molecular weight excluding hydrogens is 264 g/mol. The van der Waals surface area contributed by atoms with E-state index in [-0.39, 0.29) is 5.92 Å². The number of likely N-dealkylation sites (tertiary alicyclic amines) is 2. The lowest BCUT2D eigenvalue weighted by molar-refractivity contribution is -0.140. The second-order valence-corrected chi connectivity index (χ2v) is 7.01. The van der Waals surface area contributed by atoms with Gasteiger partial charge in [-0.3, -0.25) is 4.79 Å². The van der Waals surface area contributed by atoms with Gasteiger partial charge in [0.25, 0.3) is 0 Å². The van der Waals surface area contributed by atoms with Crippen molar-refractivity contribution in [1.29, 1.82) is 0 Å². The number of allylic oxidation sites excluding steroid dienone is 2. The Morgan fingerprint density at radius 2 is 1.86 bits per heavy atom. The summed E-state index contributed by atoms with van der Waals surface area (Å²) >= 11 is 0. The van der Waals surface area contributed by atoms with Gasteiger partial charge in [0, 0.05) is 25.6 Å². The van der Waals surface area contributed by atoms with E-state index in [1.54, 1.807) is 0 Å². The second kappa shape index (κ2) is 6.49. The van der Waals surface area contributed by atoms with Crippen LogP contribution < -0.4 is 0 Å².